The smallest absolute Gasteiger partial charge is 0.127 e. The van der Waals surface area contributed by atoms with Crippen LogP contribution in [-0.4, -0.2) is 31.6 Å². The number of hydrogen-bond acceptors (Lipinski definition) is 3. The van der Waals surface area contributed by atoms with Gasteiger partial charge in [-0.2, -0.15) is 0 Å². The van der Waals surface area contributed by atoms with Gasteiger partial charge >= 0.3 is 0 Å². The molecule has 27 heavy (non-hydrogen) atoms. The molecule has 1 fully saturated rings. The molecule has 5 heteroatoms. The highest BCUT2D eigenvalue weighted by Gasteiger charge is 2.40. The van der Waals surface area contributed by atoms with Crippen molar-refractivity contribution in [3.05, 3.63) is 53.4 Å². The van der Waals surface area contributed by atoms with Crippen molar-refractivity contribution in [2.75, 3.05) is 0 Å². The molecule has 148 valence electrons. The van der Waals surface area contributed by atoms with E-state index in [4.69, 9.17) is 0 Å². The Labute approximate surface area is 162 Å². The molecule has 1 saturated heterocycles. The lowest BCUT2D eigenvalue weighted by Gasteiger charge is -2.49. The number of rotatable bonds is 5. The van der Waals surface area contributed by atoms with Gasteiger partial charge in [0, 0.05) is 49.0 Å². The molecule has 0 amide bonds. The van der Waals surface area contributed by atoms with Gasteiger partial charge in [0.15, 0.2) is 0 Å². The van der Waals surface area contributed by atoms with Crippen molar-refractivity contribution in [2.45, 2.75) is 77.7 Å². The average Bonchev–Trinajstić information content (AvgIpc) is 2.85. The zero-order valence-corrected chi connectivity index (χ0v) is 17.5. The Hall–Kier alpha value is -1.72. The number of aryl methyl sites for hydroxylation is 1. The molecule has 2 heterocycles. The molecule has 2 aromatic rings. The standard InChI is InChI=1S/C22H33FN4/c1-16-24-13-19(26(16)6)15-27(14-17-9-7-8-10-20(17)23)18-11-21(2,3)25-22(4,5)12-18/h7-10,13,18,25H,11-12,14-15H2,1-6H3. The monoisotopic (exact) mass is 372 g/mol. The van der Waals surface area contributed by atoms with Crippen molar-refractivity contribution >= 4 is 0 Å². The van der Waals surface area contributed by atoms with Crippen LogP contribution in [0.15, 0.2) is 30.5 Å². The zero-order chi connectivity index (χ0) is 19.8. The quantitative estimate of drug-likeness (QED) is 0.855. The zero-order valence-electron chi connectivity index (χ0n) is 17.5. The van der Waals surface area contributed by atoms with Gasteiger partial charge in [0.2, 0.25) is 0 Å². The molecule has 0 radical (unpaired) electrons. The van der Waals surface area contributed by atoms with Crippen LogP contribution in [0.4, 0.5) is 4.39 Å². The minimum Gasteiger partial charge on any atom is -0.334 e. The van der Waals surface area contributed by atoms with E-state index >= 15 is 0 Å². The van der Waals surface area contributed by atoms with E-state index < -0.39 is 0 Å². The average molecular weight is 373 g/mol. The summed E-state index contributed by atoms with van der Waals surface area (Å²) in [4.78, 5) is 6.88. The van der Waals surface area contributed by atoms with Gasteiger partial charge in [-0.25, -0.2) is 9.37 Å². The molecule has 4 nitrogen and oxygen atoms in total. The van der Waals surface area contributed by atoms with Crippen LogP contribution < -0.4 is 5.32 Å². The van der Waals surface area contributed by atoms with Crippen LogP contribution in [-0.2, 0) is 20.1 Å². The fourth-order valence-corrected chi connectivity index (χ4v) is 4.59. The van der Waals surface area contributed by atoms with Gasteiger partial charge in [0.05, 0.1) is 5.69 Å². The lowest BCUT2D eigenvalue weighted by atomic mass is 9.79. The normalized spacial score (nSPS) is 19.6. The molecular formula is C22H33FN4. The van der Waals surface area contributed by atoms with E-state index in [1.807, 2.05) is 25.3 Å². The third-order valence-electron chi connectivity index (χ3n) is 5.70. The van der Waals surface area contributed by atoms with E-state index in [0.717, 1.165) is 36.5 Å². The highest BCUT2D eigenvalue weighted by atomic mass is 19.1. The van der Waals surface area contributed by atoms with Crippen molar-refractivity contribution in [1.82, 2.24) is 19.8 Å². The fraction of sp³-hybridized carbons (Fsp3) is 0.591. The SMILES string of the molecule is Cc1ncc(CN(Cc2ccccc2F)C2CC(C)(C)NC(C)(C)C2)n1C. The number of nitrogens with zero attached hydrogens (tertiary/aromatic N) is 3. The minimum absolute atomic E-state index is 0.0439. The van der Waals surface area contributed by atoms with Gasteiger partial charge in [-0.3, -0.25) is 4.90 Å². The summed E-state index contributed by atoms with van der Waals surface area (Å²) in [6.07, 6.45) is 4.00. The van der Waals surface area contributed by atoms with Crippen LogP contribution in [0.1, 0.15) is 57.6 Å². The van der Waals surface area contributed by atoms with Gasteiger partial charge < -0.3 is 9.88 Å². The Kier molecular flexibility index (Phi) is 5.46. The first-order valence-electron chi connectivity index (χ1n) is 9.80. The highest BCUT2D eigenvalue weighted by Crippen LogP contribution is 2.33. The van der Waals surface area contributed by atoms with Crippen molar-refractivity contribution in [1.29, 1.82) is 0 Å². The second kappa shape index (κ2) is 7.36. The van der Waals surface area contributed by atoms with Crippen LogP contribution in [0.2, 0.25) is 0 Å². The first-order valence-corrected chi connectivity index (χ1v) is 9.80. The molecule has 0 saturated carbocycles. The molecule has 0 spiro atoms. The number of imidazole rings is 1. The molecule has 1 N–H and O–H groups in total. The molecule has 1 aromatic carbocycles. The summed E-state index contributed by atoms with van der Waals surface area (Å²) < 4.78 is 16.5. The van der Waals surface area contributed by atoms with E-state index in [0.29, 0.717) is 12.6 Å². The number of aromatic nitrogens is 2. The summed E-state index contributed by atoms with van der Waals surface area (Å²) in [5.41, 5.74) is 2.01. The highest BCUT2D eigenvalue weighted by molar-refractivity contribution is 5.18. The molecule has 0 bridgehead atoms. The Morgan fingerprint density at radius 3 is 2.33 bits per heavy atom. The predicted octanol–water partition coefficient (Wildman–Crippen LogP) is 4.18. The van der Waals surface area contributed by atoms with E-state index in [1.54, 1.807) is 12.1 Å². The molecule has 0 unspecified atom stereocenters. The first-order chi connectivity index (χ1) is 12.6. The predicted molar refractivity (Wildman–Crippen MR) is 108 cm³/mol. The van der Waals surface area contributed by atoms with E-state index in [-0.39, 0.29) is 16.9 Å². The molecule has 3 rings (SSSR count). The van der Waals surface area contributed by atoms with Crippen molar-refractivity contribution in [3.8, 4) is 0 Å². The van der Waals surface area contributed by atoms with Crippen molar-refractivity contribution in [2.24, 2.45) is 7.05 Å². The number of nitrogens with one attached hydrogen (secondary N) is 1. The number of hydrogen-bond donors (Lipinski definition) is 1. The van der Waals surface area contributed by atoms with Gasteiger partial charge in [0.1, 0.15) is 11.6 Å². The van der Waals surface area contributed by atoms with Gasteiger partial charge in [-0.1, -0.05) is 18.2 Å². The molecule has 1 aromatic heterocycles. The summed E-state index contributed by atoms with van der Waals surface area (Å²) in [6.45, 7) is 12.4. The lowest BCUT2D eigenvalue weighted by molar-refractivity contribution is 0.0545. The van der Waals surface area contributed by atoms with Crippen LogP contribution in [0.3, 0.4) is 0 Å². The summed E-state index contributed by atoms with van der Waals surface area (Å²) in [5.74, 6) is 0.873. The van der Waals surface area contributed by atoms with E-state index in [1.165, 1.54) is 0 Å². The Morgan fingerprint density at radius 2 is 1.78 bits per heavy atom. The molecule has 0 aliphatic carbocycles. The second-order valence-electron chi connectivity index (χ2n) is 9.31. The number of halogens is 1. The van der Waals surface area contributed by atoms with E-state index in [2.05, 4.69) is 54.5 Å². The first kappa shape index (κ1) is 20.0. The molecule has 1 aliphatic heterocycles. The topological polar surface area (TPSA) is 33.1 Å². The second-order valence-corrected chi connectivity index (χ2v) is 9.31. The third-order valence-corrected chi connectivity index (χ3v) is 5.70. The van der Waals surface area contributed by atoms with Gasteiger partial charge in [-0.15, -0.1) is 0 Å². The molecule has 0 atom stereocenters. The summed E-state index contributed by atoms with van der Waals surface area (Å²) >= 11 is 0. The Balaban J connectivity index is 1.91. The van der Waals surface area contributed by atoms with Gasteiger partial charge in [0.25, 0.3) is 0 Å². The van der Waals surface area contributed by atoms with Gasteiger partial charge in [-0.05, 0) is 53.5 Å². The maximum Gasteiger partial charge on any atom is 0.127 e. The Morgan fingerprint density at radius 1 is 1.15 bits per heavy atom. The largest absolute Gasteiger partial charge is 0.334 e. The summed E-state index contributed by atoms with van der Waals surface area (Å²) in [7, 11) is 2.05. The van der Waals surface area contributed by atoms with Crippen LogP contribution in [0.25, 0.3) is 0 Å². The van der Waals surface area contributed by atoms with Crippen LogP contribution in [0.5, 0.6) is 0 Å². The molecule has 1 aliphatic rings. The molecular weight excluding hydrogens is 339 g/mol. The summed E-state index contributed by atoms with van der Waals surface area (Å²) in [6, 6.07) is 7.49. The maximum atomic E-state index is 14.4. The maximum absolute atomic E-state index is 14.4. The van der Waals surface area contributed by atoms with Crippen LogP contribution >= 0.6 is 0 Å². The lowest BCUT2D eigenvalue weighted by Crippen LogP contribution is -2.62. The van der Waals surface area contributed by atoms with Crippen molar-refractivity contribution in [3.63, 3.8) is 0 Å². The fourth-order valence-electron chi connectivity index (χ4n) is 4.59. The summed E-state index contributed by atoms with van der Waals surface area (Å²) in [5, 5.41) is 3.75. The number of benzene rings is 1. The van der Waals surface area contributed by atoms with Crippen molar-refractivity contribution < 1.29 is 4.39 Å². The third kappa shape index (κ3) is 4.77. The van der Waals surface area contributed by atoms with Crippen LogP contribution in [0, 0.1) is 12.7 Å². The Bertz CT molecular complexity index is 777. The number of piperidine rings is 1. The van der Waals surface area contributed by atoms with E-state index in [9.17, 15) is 4.39 Å². The minimum atomic E-state index is -0.129.